The molecule has 2 heterocycles. The fraction of sp³-hybridized carbons (Fsp3) is 0.250. The Labute approximate surface area is 166 Å². The topological polar surface area (TPSA) is 133 Å². The number of nitrogens with one attached hydrogen (secondary N) is 2. The van der Waals surface area contributed by atoms with Gasteiger partial charge in [0.05, 0.1) is 18.5 Å². The standard InChI is InChI=1S/C20H20N6O3/c1-2-29-20(28)18-15(6-4-10-23-26-21)16-11-13(7-8-17(16)25-18)19(27)24-14-5-3-9-22-12-14/h3,5,7-9,11-12,25H,2,4,6,10H2,1H3,(H,24,27). The summed E-state index contributed by atoms with van der Waals surface area (Å²) in [7, 11) is 0. The minimum absolute atomic E-state index is 0.255. The van der Waals surface area contributed by atoms with Crippen LogP contribution in [0.15, 0.2) is 47.8 Å². The third kappa shape index (κ3) is 4.72. The van der Waals surface area contributed by atoms with Crippen LogP contribution in [0.25, 0.3) is 21.3 Å². The summed E-state index contributed by atoms with van der Waals surface area (Å²) in [6.45, 7) is 2.31. The van der Waals surface area contributed by atoms with Gasteiger partial charge in [0.15, 0.2) is 0 Å². The average molecular weight is 392 g/mol. The van der Waals surface area contributed by atoms with Gasteiger partial charge in [-0.05, 0) is 61.2 Å². The average Bonchev–Trinajstić information content (AvgIpc) is 3.10. The SMILES string of the molecule is CCOC(=O)c1[nH]c2ccc(C(=O)Nc3cccnc3)cc2c1CCCN=[N+]=[N-]. The number of benzene rings is 1. The molecule has 0 spiro atoms. The van der Waals surface area contributed by atoms with Gasteiger partial charge in [-0.15, -0.1) is 0 Å². The molecule has 1 amide bonds. The maximum absolute atomic E-state index is 12.6. The van der Waals surface area contributed by atoms with E-state index in [0.717, 1.165) is 16.5 Å². The van der Waals surface area contributed by atoms with Gasteiger partial charge in [-0.25, -0.2) is 4.79 Å². The molecule has 0 atom stereocenters. The molecule has 2 aromatic heterocycles. The van der Waals surface area contributed by atoms with Gasteiger partial charge in [0.25, 0.3) is 5.91 Å². The highest BCUT2D eigenvalue weighted by molar-refractivity contribution is 6.07. The number of nitrogens with zero attached hydrogens (tertiary/aromatic N) is 4. The molecule has 9 heteroatoms. The Morgan fingerprint density at radius 2 is 2.21 bits per heavy atom. The van der Waals surface area contributed by atoms with Crippen molar-refractivity contribution in [2.75, 3.05) is 18.5 Å². The molecule has 0 aliphatic carbocycles. The predicted octanol–water partition coefficient (Wildman–Crippen LogP) is 4.23. The molecule has 0 saturated heterocycles. The van der Waals surface area contributed by atoms with E-state index in [1.54, 1.807) is 49.6 Å². The highest BCUT2D eigenvalue weighted by atomic mass is 16.5. The highest BCUT2D eigenvalue weighted by Crippen LogP contribution is 2.26. The number of ether oxygens (including phenoxy) is 1. The summed E-state index contributed by atoms with van der Waals surface area (Å²) in [4.78, 5) is 34.8. The summed E-state index contributed by atoms with van der Waals surface area (Å²) in [6, 6.07) is 8.66. The molecule has 1 aromatic carbocycles. The maximum Gasteiger partial charge on any atom is 0.355 e. The first-order valence-electron chi connectivity index (χ1n) is 9.18. The van der Waals surface area contributed by atoms with Crippen molar-refractivity contribution < 1.29 is 14.3 Å². The molecule has 0 bridgehead atoms. The Balaban J connectivity index is 1.95. The molecule has 148 valence electrons. The third-order valence-electron chi connectivity index (χ3n) is 4.32. The first-order valence-corrected chi connectivity index (χ1v) is 9.18. The number of carbonyl (C=O) groups excluding carboxylic acids is 2. The zero-order valence-corrected chi connectivity index (χ0v) is 15.9. The number of esters is 1. The number of carbonyl (C=O) groups is 2. The number of aromatic amines is 1. The molecule has 0 radical (unpaired) electrons. The Morgan fingerprint density at radius 1 is 1.34 bits per heavy atom. The maximum atomic E-state index is 12.6. The molecule has 3 aromatic rings. The first kappa shape index (κ1) is 19.9. The second kappa shape index (κ2) is 9.38. The molecule has 0 saturated carbocycles. The Kier molecular flexibility index (Phi) is 6.44. The van der Waals surface area contributed by atoms with Crippen LogP contribution < -0.4 is 5.32 Å². The first-order chi connectivity index (χ1) is 14.1. The molecular formula is C20H20N6O3. The number of azide groups is 1. The van der Waals surface area contributed by atoms with E-state index in [-0.39, 0.29) is 12.5 Å². The second-order valence-corrected chi connectivity index (χ2v) is 6.21. The van der Waals surface area contributed by atoms with Gasteiger partial charge in [-0.1, -0.05) is 5.11 Å². The molecule has 2 N–H and O–H groups in total. The van der Waals surface area contributed by atoms with Gasteiger partial charge in [0.2, 0.25) is 0 Å². The van der Waals surface area contributed by atoms with Crippen molar-refractivity contribution in [3.63, 3.8) is 0 Å². The monoisotopic (exact) mass is 392 g/mol. The smallest absolute Gasteiger partial charge is 0.355 e. The minimum atomic E-state index is -0.455. The predicted molar refractivity (Wildman–Crippen MR) is 109 cm³/mol. The van der Waals surface area contributed by atoms with Crippen molar-refractivity contribution in [1.82, 2.24) is 9.97 Å². The van der Waals surface area contributed by atoms with E-state index >= 15 is 0 Å². The number of hydrogen-bond donors (Lipinski definition) is 2. The Hall–Kier alpha value is -3.84. The Morgan fingerprint density at radius 3 is 2.93 bits per heavy atom. The van der Waals surface area contributed by atoms with E-state index < -0.39 is 5.97 Å². The second-order valence-electron chi connectivity index (χ2n) is 6.21. The number of hydrogen-bond acceptors (Lipinski definition) is 5. The van der Waals surface area contributed by atoms with E-state index in [2.05, 4.69) is 25.3 Å². The van der Waals surface area contributed by atoms with Crippen LogP contribution in [0.4, 0.5) is 5.69 Å². The normalized spacial score (nSPS) is 10.4. The van der Waals surface area contributed by atoms with Crippen molar-refractivity contribution in [2.24, 2.45) is 5.11 Å². The fourth-order valence-electron chi connectivity index (χ4n) is 3.04. The number of rotatable bonds is 8. The van der Waals surface area contributed by atoms with Gasteiger partial charge in [-0.3, -0.25) is 9.78 Å². The number of aryl methyl sites for hydroxylation is 1. The zero-order chi connectivity index (χ0) is 20.6. The van der Waals surface area contributed by atoms with Crippen molar-refractivity contribution >= 4 is 28.5 Å². The lowest BCUT2D eigenvalue weighted by Gasteiger charge is -2.06. The fourth-order valence-corrected chi connectivity index (χ4v) is 3.04. The number of pyridine rings is 1. The zero-order valence-electron chi connectivity index (χ0n) is 15.9. The van der Waals surface area contributed by atoms with E-state index in [4.69, 9.17) is 10.3 Å². The van der Waals surface area contributed by atoms with Gasteiger partial charge >= 0.3 is 5.97 Å². The Bertz CT molecular complexity index is 1070. The van der Waals surface area contributed by atoms with Crippen molar-refractivity contribution in [3.05, 3.63) is 70.0 Å². The van der Waals surface area contributed by atoms with Gasteiger partial charge in [-0.2, -0.15) is 0 Å². The summed E-state index contributed by atoms with van der Waals surface area (Å²) in [5.41, 5.74) is 11.3. The van der Waals surface area contributed by atoms with Crippen LogP contribution in [-0.4, -0.2) is 35.0 Å². The quantitative estimate of drug-likeness (QED) is 0.195. The number of H-pyrrole nitrogens is 1. The minimum Gasteiger partial charge on any atom is -0.461 e. The molecule has 0 aliphatic rings. The van der Waals surface area contributed by atoms with Crippen LogP contribution in [0.5, 0.6) is 0 Å². The lowest BCUT2D eigenvalue weighted by Crippen LogP contribution is -2.11. The summed E-state index contributed by atoms with van der Waals surface area (Å²) >= 11 is 0. The number of amides is 1. The van der Waals surface area contributed by atoms with Crippen LogP contribution in [0.1, 0.15) is 39.8 Å². The molecule has 3 rings (SSSR count). The van der Waals surface area contributed by atoms with E-state index in [9.17, 15) is 9.59 Å². The highest BCUT2D eigenvalue weighted by Gasteiger charge is 2.19. The summed E-state index contributed by atoms with van der Waals surface area (Å²) in [6.07, 6.45) is 4.25. The van der Waals surface area contributed by atoms with E-state index in [0.29, 0.717) is 36.3 Å². The van der Waals surface area contributed by atoms with Crippen LogP contribution in [0.3, 0.4) is 0 Å². The molecule has 0 aliphatic heterocycles. The summed E-state index contributed by atoms with van der Waals surface area (Å²) < 4.78 is 5.14. The third-order valence-corrected chi connectivity index (χ3v) is 4.32. The van der Waals surface area contributed by atoms with Crippen LogP contribution >= 0.6 is 0 Å². The van der Waals surface area contributed by atoms with Crippen LogP contribution in [0, 0.1) is 0 Å². The molecule has 0 unspecified atom stereocenters. The van der Waals surface area contributed by atoms with Crippen molar-refractivity contribution in [1.29, 1.82) is 0 Å². The molecule has 0 fully saturated rings. The molecular weight excluding hydrogens is 372 g/mol. The molecule has 29 heavy (non-hydrogen) atoms. The molecule has 9 nitrogen and oxygen atoms in total. The van der Waals surface area contributed by atoms with Crippen LogP contribution in [-0.2, 0) is 11.2 Å². The summed E-state index contributed by atoms with van der Waals surface area (Å²) in [5.74, 6) is -0.734. The van der Waals surface area contributed by atoms with Gasteiger partial charge in [0, 0.05) is 34.1 Å². The van der Waals surface area contributed by atoms with Crippen molar-refractivity contribution in [2.45, 2.75) is 19.8 Å². The van der Waals surface area contributed by atoms with E-state index in [1.807, 2.05) is 0 Å². The number of anilines is 1. The van der Waals surface area contributed by atoms with Gasteiger partial charge in [0.1, 0.15) is 5.69 Å². The van der Waals surface area contributed by atoms with Crippen molar-refractivity contribution in [3.8, 4) is 0 Å². The lowest BCUT2D eigenvalue weighted by molar-refractivity contribution is 0.0519. The lowest BCUT2D eigenvalue weighted by atomic mass is 10.0. The van der Waals surface area contributed by atoms with Gasteiger partial charge < -0.3 is 15.0 Å². The largest absolute Gasteiger partial charge is 0.461 e. The summed E-state index contributed by atoms with van der Waals surface area (Å²) in [5, 5.41) is 7.09. The van der Waals surface area contributed by atoms with Crippen LogP contribution in [0.2, 0.25) is 0 Å². The number of aromatic nitrogens is 2. The van der Waals surface area contributed by atoms with E-state index in [1.165, 1.54) is 0 Å². The number of fused-ring (bicyclic) bond motifs is 1.